The number of esters is 1. The molecule has 21 heavy (non-hydrogen) atoms. The van der Waals surface area contributed by atoms with E-state index in [1.54, 1.807) is 0 Å². The van der Waals surface area contributed by atoms with Crippen molar-refractivity contribution in [2.24, 2.45) is 0 Å². The number of aliphatic hydroxyl groups excluding tert-OH is 2. The maximum atomic E-state index is 11.5. The number of carbonyl (C=O) groups is 1. The van der Waals surface area contributed by atoms with E-state index in [-0.39, 0.29) is 64.4 Å². The fraction of sp³-hybridized carbons (Fsp3) is 0.769. The average molecular weight is 308 g/mol. The molecule has 0 aromatic rings. The maximum Gasteiger partial charge on any atom is 0.340 e. The number of hydrogen-bond donors (Lipinski definition) is 2. The van der Waals surface area contributed by atoms with Gasteiger partial charge in [-0.05, 0) is 6.92 Å². The second-order valence-electron chi connectivity index (χ2n) is 3.77. The van der Waals surface area contributed by atoms with Crippen molar-refractivity contribution in [2.45, 2.75) is 6.92 Å². The van der Waals surface area contributed by atoms with Gasteiger partial charge in [0.15, 0.2) is 0 Å². The Hall–Kier alpha value is -1.35. The lowest BCUT2D eigenvalue weighted by Gasteiger charge is -2.14. The molecule has 0 radical (unpaired) electrons. The molecule has 0 bridgehead atoms. The van der Waals surface area contributed by atoms with Gasteiger partial charge in [-0.1, -0.05) is 0 Å². The molecule has 0 atom stereocenters. The van der Waals surface area contributed by atoms with Crippen LogP contribution in [0.15, 0.2) is 11.5 Å². The van der Waals surface area contributed by atoms with Crippen LogP contribution in [0, 0.1) is 0 Å². The monoisotopic (exact) mass is 308 g/mol. The summed E-state index contributed by atoms with van der Waals surface area (Å²) < 4.78 is 25.3. The summed E-state index contributed by atoms with van der Waals surface area (Å²) in [6.07, 6.45) is 0. The van der Waals surface area contributed by atoms with Crippen molar-refractivity contribution < 1.29 is 38.7 Å². The third-order valence-electron chi connectivity index (χ3n) is 2.19. The minimum absolute atomic E-state index is 0.0436. The highest BCUT2D eigenvalue weighted by atomic mass is 16.7. The van der Waals surface area contributed by atoms with Crippen molar-refractivity contribution in [1.82, 2.24) is 0 Å². The number of hydrogen-bond acceptors (Lipinski definition) is 8. The van der Waals surface area contributed by atoms with Gasteiger partial charge >= 0.3 is 5.97 Å². The van der Waals surface area contributed by atoms with Gasteiger partial charge in [-0.2, -0.15) is 0 Å². The molecule has 8 nitrogen and oxygen atoms in total. The van der Waals surface area contributed by atoms with Gasteiger partial charge in [0, 0.05) is 0 Å². The molecule has 0 aliphatic rings. The molecule has 0 aliphatic carbocycles. The molecule has 0 rings (SSSR count). The Labute approximate surface area is 124 Å². The summed E-state index contributed by atoms with van der Waals surface area (Å²) >= 11 is 0. The van der Waals surface area contributed by atoms with Crippen molar-refractivity contribution in [3.8, 4) is 0 Å². The van der Waals surface area contributed by atoms with Crippen molar-refractivity contribution in [3.05, 3.63) is 11.5 Å². The largest absolute Gasteiger partial charge is 0.465 e. The normalized spacial score (nSPS) is 10.1. The Morgan fingerprint density at radius 3 is 1.71 bits per heavy atom. The summed E-state index contributed by atoms with van der Waals surface area (Å²) in [5.74, 6) is -0.514. The molecule has 124 valence electrons. The summed E-state index contributed by atoms with van der Waals surface area (Å²) in [5.41, 5.74) is 0.196. The molecular formula is C13H24O8. The first kappa shape index (κ1) is 19.7. The molecule has 0 unspecified atom stereocenters. The van der Waals surface area contributed by atoms with E-state index in [4.69, 9.17) is 29.2 Å². The molecule has 0 heterocycles. The molecule has 0 fully saturated rings. The van der Waals surface area contributed by atoms with Crippen molar-refractivity contribution in [2.75, 3.05) is 60.0 Å². The molecule has 0 spiro atoms. The third kappa shape index (κ3) is 10.1. The second-order valence-corrected chi connectivity index (χ2v) is 3.77. The Kier molecular flexibility index (Phi) is 12.7. The Balaban J connectivity index is 4.25. The van der Waals surface area contributed by atoms with Crippen LogP contribution in [0.4, 0.5) is 0 Å². The smallest absolute Gasteiger partial charge is 0.340 e. The molecule has 2 N–H and O–H groups in total. The summed E-state index contributed by atoms with van der Waals surface area (Å²) in [4.78, 5) is 11.5. The van der Waals surface area contributed by atoms with Gasteiger partial charge in [-0.25, -0.2) is 4.79 Å². The molecule has 8 heteroatoms. The van der Waals surface area contributed by atoms with E-state index in [2.05, 4.69) is 4.74 Å². The van der Waals surface area contributed by atoms with E-state index in [9.17, 15) is 4.79 Å². The molecule has 0 amide bonds. The van der Waals surface area contributed by atoms with Crippen LogP contribution in [0.3, 0.4) is 0 Å². The van der Waals surface area contributed by atoms with Gasteiger partial charge in [0.1, 0.15) is 18.8 Å². The zero-order chi connectivity index (χ0) is 15.9. The number of carbonyl (C=O) groups excluding carboxylic acids is 1. The van der Waals surface area contributed by atoms with Crippen LogP contribution < -0.4 is 0 Å². The van der Waals surface area contributed by atoms with E-state index in [0.717, 1.165) is 0 Å². The minimum Gasteiger partial charge on any atom is -0.465 e. The first-order chi connectivity index (χ1) is 10.2. The lowest BCUT2D eigenvalue weighted by molar-refractivity contribution is -0.137. The average Bonchev–Trinajstić information content (AvgIpc) is 2.51. The first-order valence-corrected chi connectivity index (χ1v) is 6.59. The number of aliphatic hydroxyl groups is 2. The van der Waals surface area contributed by atoms with E-state index >= 15 is 0 Å². The second kappa shape index (κ2) is 13.6. The van der Waals surface area contributed by atoms with Crippen molar-refractivity contribution in [1.29, 1.82) is 0 Å². The highest BCUT2D eigenvalue weighted by Gasteiger charge is 2.14. The van der Waals surface area contributed by atoms with E-state index < -0.39 is 5.97 Å². The minimum atomic E-state index is -0.558. The van der Waals surface area contributed by atoms with Crippen LogP contribution in [0.1, 0.15) is 6.92 Å². The Bertz CT molecular complexity index is 287. The SMILES string of the molecule is COC(=O)C(C)=C(OCCOCCO)OCCOCCO. The van der Waals surface area contributed by atoms with Crippen LogP contribution >= 0.6 is 0 Å². The fourth-order valence-electron chi connectivity index (χ4n) is 1.21. The fourth-order valence-corrected chi connectivity index (χ4v) is 1.21. The number of rotatable bonds is 13. The van der Waals surface area contributed by atoms with Gasteiger partial charge < -0.3 is 33.9 Å². The van der Waals surface area contributed by atoms with Crippen LogP contribution in [-0.4, -0.2) is 76.1 Å². The highest BCUT2D eigenvalue weighted by Crippen LogP contribution is 2.09. The molecule has 0 aromatic carbocycles. The molecule has 0 saturated heterocycles. The zero-order valence-corrected chi connectivity index (χ0v) is 12.5. The maximum absolute atomic E-state index is 11.5. The number of ether oxygens (including phenoxy) is 5. The van der Waals surface area contributed by atoms with Gasteiger partial charge in [0.05, 0.1) is 46.8 Å². The lowest BCUT2D eigenvalue weighted by atomic mass is 10.3. The number of methoxy groups -OCH3 is 1. The molecular weight excluding hydrogens is 284 g/mol. The predicted molar refractivity (Wildman–Crippen MR) is 72.4 cm³/mol. The van der Waals surface area contributed by atoms with Gasteiger partial charge in [0.25, 0.3) is 5.95 Å². The first-order valence-electron chi connectivity index (χ1n) is 6.59. The Morgan fingerprint density at radius 1 is 0.857 bits per heavy atom. The van der Waals surface area contributed by atoms with Gasteiger partial charge in [-0.15, -0.1) is 0 Å². The quantitative estimate of drug-likeness (QED) is 0.202. The van der Waals surface area contributed by atoms with Crippen molar-refractivity contribution >= 4 is 5.97 Å². The highest BCUT2D eigenvalue weighted by molar-refractivity contribution is 5.87. The summed E-state index contributed by atoms with van der Waals surface area (Å²) in [7, 11) is 1.26. The standard InChI is InChI=1S/C13H24O8/c1-11(12(16)17-2)13(20-9-7-18-5-3-14)21-10-8-19-6-4-15/h14-15H,3-10H2,1-2H3. The lowest BCUT2D eigenvalue weighted by Crippen LogP contribution is -2.15. The Morgan fingerprint density at radius 2 is 1.33 bits per heavy atom. The van der Waals surface area contributed by atoms with Crippen LogP contribution in [-0.2, 0) is 28.5 Å². The molecule has 0 saturated carbocycles. The molecule has 0 aliphatic heterocycles. The summed E-state index contributed by atoms with van der Waals surface area (Å²) in [6.45, 7) is 2.66. The zero-order valence-electron chi connectivity index (χ0n) is 12.5. The molecule has 0 aromatic heterocycles. The van der Waals surface area contributed by atoms with Crippen LogP contribution in [0.5, 0.6) is 0 Å². The van der Waals surface area contributed by atoms with E-state index in [0.29, 0.717) is 0 Å². The van der Waals surface area contributed by atoms with E-state index in [1.807, 2.05) is 0 Å². The van der Waals surface area contributed by atoms with Crippen LogP contribution in [0.25, 0.3) is 0 Å². The van der Waals surface area contributed by atoms with E-state index in [1.165, 1.54) is 14.0 Å². The summed E-state index contributed by atoms with van der Waals surface area (Å²) in [6, 6.07) is 0. The summed E-state index contributed by atoms with van der Waals surface area (Å²) in [5, 5.41) is 17.1. The predicted octanol–water partition coefficient (Wildman–Crippen LogP) is -0.558. The van der Waals surface area contributed by atoms with Gasteiger partial charge in [-0.3, -0.25) is 0 Å². The third-order valence-corrected chi connectivity index (χ3v) is 2.19. The van der Waals surface area contributed by atoms with Gasteiger partial charge in [0.2, 0.25) is 0 Å². The topological polar surface area (TPSA) is 104 Å². The van der Waals surface area contributed by atoms with Crippen molar-refractivity contribution in [3.63, 3.8) is 0 Å². The van der Waals surface area contributed by atoms with Crippen LogP contribution in [0.2, 0.25) is 0 Å².